The fourth-order valence-corrected chi connectivity index (χ4v) is 2.76. The van der Waals surface area contributed by atoms with Crippen molar-refractivity contribution in [3.63, 3.8) is 0 Å². The molecule has 3 nitrogen and oxygen atoms in total. The summed E-state index contributed by atoms with van der Waals surface area (Å²) in [6.45, 7) is 4.52. The van der Waals surface area contributed by atoms with E-state index in [4.69, 9.17) is 0 Å². The molecule has 0 radical (unpaired) electrons. The van der Waals surface area contributed by atoms with Crippen molar-refractivity contribution in [1.29, 1.82) is 0 Å². The van der Waals surface area contributed by atoms with E-state index in [1.165, 1.54) is 6.07 Å². The van der Waals surface area contributed by atoms with Gasteiger partial charge in [0.1, 0.15) is 0 Å². The van der Waals surface area contributed by atoms with Crippen molar-refractivity contribution in [2.45, 2.75) is 51.7 Å². The lowest BCUT2D eigenvalue weighted by molar-refractivity contribution is -0.137. The van der Waals surface area contributed by atoms with E-state index in [2.05, 4.69) is 17.1 Å². The zero-order chi connectivity index (χ0) is 16.3. The van der Waals surface area contributed by atoms with Crippen LogP contribution < -0.4 is 10.2 Å². The maximum Gasteiger partial charge on any atom is 0.416 e. The molecule has 0 bridgehead atoms. The first kappa shape index (κ1) is 16.6. The number of anilines is 2. The van der Waals surface area contributed by atoms with Crippen LogP contribution >= 0.6 is 0 Å². The highest BCUT2D eigenvalue weighted by Gasteiger charge is 2.32. The Morgan fingerprint density at radius 2 is 2.09 bits per heavy atom. The summed E-state index contributed by atoms with van der Waals surface area (Å²) in [7, 11) is 0. The number of rotatable bonds is 3. The average molecular weight is 314 g/mol. The van der Waals surface area contributed by atoms with Crippen LogP contribution in [-0.2, 0) is 11.0 Å². The molecule has 1 fully saturated rings. The van der Waals surface area contributed by atoms with Crippen LogP contribution in [0.3, 0.4) is 0 Å². The largest absolute Gasteiger partial charge is 0.416 e. The second-order valence-corrected chi connectivity index (χ2v) is 5.67. The number of hydrogen-bond donors (Lipinski definition) is 1. The van der Waals surface area contributed by atoms with E-state index >= 15 is 0 Å². The second kappa shape index (κ2) is 6.58. The van der Waals surface area contributed by atoms with Gasteiger partial charge in [0.05, 0.1) is 16.9 Å². The Balaban J connectivity index is 2.40. The van der Waals surface area contributed by atoms with E-state index in [9.17, 15) is 18.0 Å². The minimum absolute atomic E-state index is 0.227. The average Bonchev–Trinajstić information content (AvgIpc) is 2.47. The van der Waals surface area contributed by atoms with E-state index in [0.29, 0.717) is 5.69 Å². The highest BCUT2D eigenvalue weighted by atomic mass is 19.4. The highest BCUT2D eigenvalue weighted by Crippen LogP contribution is 2.37. The lowest BCUT2D eigenvalue weighted by atomic mass is 10.0. The number of nitrogens with one attached hydrogen (secondary N) is 1. The molecule has 0 aliphatic carbocycles. The number of piperidine rings is 1. The summed E-state index contributed by atoms with van der Waals surface area (Å²) in [5, 5.41) is 2.61. The van der Waals surface area contributed by atoms with Crippen LogP contribution in [0.2, 0.25) is 0 Å². The maximum absolute atomic E-state index is 12.9. The van der Waals surface area contributed by atoms with E-state index in [1.54, 1.807) is 6.92 Å². The third-order valence-electron chi connectivity index (χ3n) is 4.03. The Labute approximate surface area is 128 Å². The van der Waals surface area contributed by atoms with Crippen molar-refractivity contribution in [2.24, 2.45) is 0 Å². The summed E-state index contributed by atoms with van der Waals surface area (Å²) in [5.74, 6) is -0.287. The summed E-state index contributed by atoms with van der Waals surface area (Å²) >= 11 is 0. The molecule has 2 rings (SSSR count). The molecule has 1 atom stereocenters. The van der Waals surface area contributed by atoms with Crippen LogP contribution in [0.1, 0.15) is 45.1 Å². The predicted octanol–water partition coefficient (Wildman–Crippen LogP) is 4.43. The van der Waals surface area contributed by atoms with Crippen molar-refractivity contribution >= 4 is 17.3 Å². The molecule has 22 heavy (non-hydrogen) atoms. The number of carbonyl (C=O) groups excluding carboxylic acids is 1. The van der Waals surface area contributed by atoms with Gasteiger partial charge in [-0.25, -0.2) is 0 Å². The van der Waals surface area contributed by atoms with E-state index < -0.39 is 11.7 Å². The molecule has 1 aromatic rings. The first-order valence-electron chi connectivity index (χ1n) is 7.60. The van der Waals surface area contributed by atoms with E-state index in [1.807, 2.05) is 0 Å². The van der Waals surface area contributed by atoms with Crippen LogP contribution in [0.15, 0.2) is 18.2 Å². The van der Waals surface area contributed by atoms with Gasteiger partial charge >= 0.3 is 6.18 Å². The van der Waals surface area contributed by atoms with Crippen LogP contribution in [-0.4, -0.2) is 18.5 Å². The molecule has 1 amide bonds. The molecule has 1 heterocycles. The fourth-order valence-electron chi connectivity index (χ4n) is 2.76. The summed E-state index contributed by atoms with van der Waals surface area (Å²) in [6.07, 6.45) is -1.06. The van der Waals surface area contributed by atoms with Gasteiger partial charge < -0.3 is 10.2 Å². The van der Waals surface area contributed by atoms with Crippen molar-refractivity contribution < 1.29 is 18.0 Å². The van der Waals surface area contributed by atoms with Crippen LogP contribution in [0, 0.1) is 0 Å². The van der Waals surface area contributed by atoms with Crippen LogP contribution in [0.4, 0.5) is 24.5 Å². The van der Waals surface area contributed by atoms with Gasteiger partial charge in [-0.15, -0.1) is 0 Å². The maximum atomic E-state index is 12.9. The number of benzene rings is 1. The molecule has 1 N–H and O–H groups in total. The number of hydrogen-bond acceptors (Lipinski definition) is 2. The molecule has 6 heteroatoms. The zero-order valence-electron chi connectivity index (χ0n) is 12.8. The molecular formula is C16H21F3N2O. The zero-order valence-corrected chi connectivity index (χ0v) is 12.8. The molecule has 1 aromatic carbocycles. The number of nitrogens with zero attached hydrogens (tertiary/aromatic N) is 1. The summed E-state index contributed by atoms with van der Waals surface area (Å²) < 4.78 is 38.7. The monoisotopic (exact) mass is 314 g/mol. The molecule has 1 saturated heterocycles. The third-order valence-corrected chi connectivity index (χ3v) is 4.03. The molecule has 1 aliphatic heterocycles. The Bertz CT molecular complexity index is 543. The lowest BCUT2D eigenvalue weighted by Crippen LogP contribution is -2.38. The third kappa shape index (κ3) is 3.72. The van der Waals surface area contributed by atoms with E-state index in [-0.39, 0.29) is 24.1 Å². The number of carbonyl (C=O) groups is 1. The second-order valence-electron chi connectivity index (χ2n) is 5.67. The predicted molar refractivity (Wildman–Crippen MR) is 81.0 cm³/mol. The van der Waals surface area contributed by atoms with Gasteiger partial charge in [0.2, 0.25) is 5.91 Å². The molecule has 0 aromatic heterocycles. The van der Waals surface area contributed by atoms with Gasteiger partial charge in [-0.1, -0.05) is 6.92 Å². The minimum atomic E-state index is -4.42. The molecule has 0 saturated carbocycles. The number of alkyl halides is 3. The summed E-state index contributed by atoms with van der Waals surface area (Å²) in [4.78, 5) is 13.7. The van der Waals surface area contributed by atoms with E-state index in [0.717, 1.165) is 37.9 Å². The molecule has 1 aliphatic rings. The quantitative estimate of drug-likeness (QED) is 0.895. The van der Waals surface area contributed by atoms with Crippen LogP contribution in [0.25, 0.3) is 0 Å². The SMILES string of the molecule is CCC(=O)Nc1cc(C(F)(F)F)ccc1N1CCCCC1C. The van der Waals surface area contributed by atoms with Gasteiger partial charge in [0.25, 0.3) is 0 Å². The number of halogens is 3. The smallest absolute Gasteiger partial charge is 0.367 e. The van der Waals surface area contributed by atoms with Crippen molar-refractivity contribution in [3.05, 3.63) is 23.8 Å². The Kier molecular flexibility index (Phi) is 4.98. The van der Waals surface area contributed by atoms with Gasteiger partial charge in [-0.3, -0.25) is 4.79 Å². The van der Waals surface area contributed by atoms with Gasteiger partial charge in [-0.05, 0) is 44.4 Å². The van der Waals surface area contributed by atoms with Gasteiger partial charge in [-0.2, -0.15) is 13.2 Å². The standard InChI is InChI=1S/C16H21F3N2O/c1-3-15(22)20-13-10-12(16(17,18)19)7-8-14(13)21-9-5-4-6-11(21)2/h7-8,10-11H,3-6,9H2,1-2H3,(H,20,22). The van der Waals surface area contributed by atoms with Crippen molar-refractivity contribution in [2.75, 3.05) is 16.8 Å². The molecule has 0 spiro atoms. The Morgan fingerprint density at radius 3 is 2.68 bits per heavy atom. The van der Waals surface area contributed by atoms with Crippen molar-refractivity contribution in [3.8, 4) is 0 Å². The first-order valence-corrected chi connectivity index (χ1v) is 7.60. The van der Waals surface area contributed by atoms with Gasteiger partial charge in [0.15, 0.2) is 0 Å². The van der Waals surface area contributed by atoms with Crippen LogP contribution in [0.5, 0.6) is 0 Å². The topological polar surface area (TPSA) is 32.3 Å². The first-order chi connectivity index (χ1) is 10.3. The normalized spacial score (nSPS) is 19.1. The Morgan fingerprint density at radius 1 is 1.36 bits per heavy atom. The summed E-state index contributed by atoms with van der Waals surface area (Å²) in [5.41, 5.74) is 0.171. The van der Waals surface area contributed by atoms with Gasteiger partial charge in [0, 0.05) is 19.0 Å². The highest BCUT2D eigenvalue weighted by molar-refractivity contribution is 5.94. The molecular weight excluding hydrogens is 293 g/mol. The Hall–Kier alpha value is -1.72. The summed E-state index contributed by atoms with van der Waals surface area (Å²) in [6, 6.07) is 3.83. The minimum Gasteiger partial charge on any atom is -0.367 e. The molecule has 122 valence electrons. The lowest BCUT2D eigenvalue weighted by Gasteiger charge is -2.36. The van der Waals surface area contributed by atoms with Crippen molar-refractivity contribution in [1.82, 2.24) is 0 Å². The fraction of sp³-hybridized carbons (Fsp3) is 0.562. The molecule has 1 unspecified atom stereocenters. The number of amides is 1.